The maximum absolute atomic E-state index is 3.78. The van der Waals surface area contributed by atoms with Gasteiger partial charge in [-0.25, -0.2) is 0 Å². The lowest BCUT2D eigenvalue weighted by Gasteiger charge is -2.40. The van der Waals surface area contributed by atoms with Crippen LogP contribution in [-0.4, -0.2) is 36.6 Å². The summed E-state index contributed by atoms with van der Waals surface area (Å²) in [5.74, 6) is 1.02. The molecular formula is C17H34N2. The molecule has 0 aromatic carbocycles. The Hall–Kier alpha value is -0.0800. The van der Waals surface area contributed by atoms with E-state index in [4.69, 9.17) is 0 Å². The predicted octanol–water partition coefficient (Wildman–Crippen LogP) is 3.81. The molecule has 2 rings (SSSR count). The fraction of sp³-hybridized carbons (Fsp3) is 1.00. The van der Waals surface area contributed by atoms with Gasteiger partial charge < -0.3 is 5.32 Å². The third kappa shape index (κ3) is 3.95. The van der Waals surface area contributed by atoms with E-state index in [0.717, 1.165) is 24.0 Å². The highest BCUT2D eigenvalue weighted by Crippen LogP contribution is 2.33. The molecule has 1 N–H and O–H groups in total. The molecule has 0 aromatic rings. The normalized spacial score (nSPS) is 36.0. The van der Waals surface area contributed by atoms with Crippen LogP contribution in [0.2, 0.25) is 0 Å². The zero-order valence-corrected chi connectivity index (χ0v) is 13.3. The number of nitrogens with zero attached hydrogens (tertiary/aromatic N) is 1. The van der Waals surface area contributed by atoms with Gasteiger partial charge in [0, 0.05) is 18.1 Å². The quantitative estimate of drug-likeness (QED) is 0.786. The van der Waals surface area contributed by atoms with Crippen LogP contribution in [0.25, 0.3) is 0 Å². The largest absolute Gasteiger partial charge is 0.312 e. The average molecular weight is 266 g/mol. The molecule has 2 fully saturated rings. The summed E-state index contributed by atoms with van der Waals surface area (Å²) >= 11 is 0. The van der Waals surface area contributed by atoms with Gasteiger partial charge in [-0.2, -0.15) is 0 Å². The van der Waals surface area contributed by atoms with Crippen LogP contribution in [0.5, 0.6) is 0 Å². The van der Waals surface area contributed by atoms with Crippen molar-refractivity contribution in [3.63, 3.8) is 0 Å². The highest BCUT2D eigenvalue weighted by atomic mass is 15.2. The van der Waals surface area contributed by atoms with Crippen molar-refractivity contribution in [1.29, 1.82) is 0 Å². The molecule has 0 spiro atoms. The smallest absolute Gasteiger partial charge is 0.0249 e. The van der Waals surface area contributed by atoms with Crippen molar-refractivity contribution in [3.05, 3.63) is 0 Å². The Morgan fingerprint density at radius 1 is 1.00 bits per heavy atom. The zero-order valence-electron chi connectivity index (χ0n) is 13.3. The van der Waals surface area contributed by atoms with Gasteiger partial charge >= 0.3 is 0 Å². The van der Waals surface area contributed by atoms with Crippen molar-refractivity contribution in [2.24, 2.45) is 5.92 Å². The molecule has 2 saturated carbocycles. The van der Waals surface area contributed by atoms with Crippen molar-refractivity contribution in [2.45, 2.75) is 89.8 Å². The SMILES string of the molecule is CCCNC1CCCC1N(C)C1CCC(CC)CC1. The molecule has 112 valence electrons. The summed E-state index contributed by atoms with van der Waals surface area (Å²) in [5, 5.41) is 3.78. The molecule has 2 heteroatoms. The summed E-state index contributed by atoms with van der Waals surface area (Å²) in [4.78, 5) is 2.74. The standard InChI is InChI=1S/C17H34N2/c1-4-13-18-16-7-6-8-17(16)19(3)15-11-9-14(5-2)10-12-15/h14-18H,4-13H2,1-3H3. The molecule has 0 heterocycles. The lowest BCUT2D eigenvalue weighted by molar-refractivity contribution is 0.107. The van der Waals surface area contributed by atoms with Crippen LogP contribution in [0.4, 0.5) is 0 Å². The fourth-order valence-electron chi connectivity index (χ4n) is 4.23. The van der Waals surface area contributed by atoms with Crippen LogP contribution < -0.4 is 5.32 Å². The van der Waals surface area contributed by atoms with Gasteiger partial charge in [0.25, 0.3) is 0 Å². The first-order valence-corrected chi connectivity index (χ1v) is 8.71. The highest BCUT2D eigenvalue weighted by molar-refractivity contribution is 4.92. The third-order valence-corrected chi connectivity index (χ3v) is 5.63. The molecule has 0 bridgehead atoms. The van der Waals surface area contributed by atoms with Crippen LogP contribution >= 0.6 is 0 Å². The molecule has 2 nitrogen and oxygen atoms in total. The summed E-state index contributed by atoms with van der Waals surface area (Å²) in [6.07, 6.45) is 12.7. The van der Waals surface area contributed by atoms with Gasteiger partial charge in [0.15, 0.2) is 0 Å². The molecule has 0 saturated heterocycles. The fourth-order valence-corrected chi connectivity index (χ4v) is 4.23. The Bertz CT molecular complexity index is 246. The average Bonchev–Trinajstić information content (AvgIpc) is 2.92. The van der Waals surface area contributed by atoms with E-state index in [2.05, 4.69) is 31.1 Å². The molecule has 2 aliphatic carbocycles. The molecule has 19 heavy (non-hydrogen) atoms. The van der Waals surface area contributed by atoms with Crippen molar-refractivity contribution in [2.75, 3.05) is 13.6 Å². The Kier molecular flexibility index (Phi) is 6.15. The van der Waals surface area contributed by atoms with Crippen LogP contribution in [0.1, 0.15) is 71.6 Å². The lowest BCUT2D eigenvalue weighted by Crippen LogP contribution is -2.50. The second kappa shape index (κ2) is 7.64. The van der Waals surface area contributed by atoms with Crippen LogP contribution in [0, 0.1) is 5.92 Å². The van der Waals surface area contributed by atoms with Gasteiger partial charge in [0.1, 0.15) is 0 Å². The first-order valence-electron chi connectivity index (χ1n) is 8.71. The minimum absolute atomic E-state index is 0.758. The predicted molar refractivity (Wildman–Crippen MR) is 83.5 cm³/mol. The van der Waals surface area contributed by atoms with Gasteiger partial charge in [-0.3, -0.25) is 4.90 Å². The van der Waals surface area contributed by atoms with Gasteiger partial charge in [-0.1, -0.05) is 26.7 Å². The first-order chi connectivity index (χ1) is 9.26. The summed E-state index contributed by atoms with van der Waals surface area (Å²) in [5.41, 5.74) is 0. The summed E-state index contributed by atoms with van der Waals surface area (Å²) in [6.45, 7) is 5.82. The van der Waals surface area contributed by atoms with Crippen molar-refractivity contribution in [1.82, 2.24) is 10.2 Å². The van der Waals surface area contributed by atoms with E-state index in [1.807, 2.05) is 0 Å². The minimum Gasteiger partial charge on any atom is -0.312 e. The molecule has 0 radical (unpaired) electrons. The van der Waals surface area contributed by atoms with Crippen molar-refractivity contribution in [3.8, 4) is 0 Å². The van der Waals surface area contributed by atoms with E-state index in [1.165, 1.54) is 64.3 Å². The zero-order chi connectivity index (χ0) is 13.7. The Morgan fingerprint density at radius 3 is 2.37 bits per heavy atom. The van der Waals surface area contributed by atoms with Crippen molar-refractivity contribution < 1.29 is 0 Å². The number of hydrogen-bond acceptors (Lipinski definition) is 2. The van der Waals surface area contributed by atoms with Crippen LogP contribution in [0.15, 0.2) is 0 Å². The first kappa shape index (κ1) is 15.3. The second-order valence-electron chi connectivity index (χ2n) is 6.81. The van der Waals surface area contributed by atoms with Crippen LogP contribution in [0.3, 0.4) is 0 Å². The van der Waals surface area contributed by atoms with E-state index in [0.29, 0.717) is 0 Å². The third-order valence-electron chi connectivity index (χ3n) is 5.63. The number of rotatable bonds is 6. The second-order valence-corrected chi connectivity index (χ2v) is 6.81. The van der Waals surface area contributed by atoms with E-state index in [-0.39, 0.29) is 0 Å². The molecule has 0 aromatic heterocycles. The van der Waals surface area contributed by atoms with E-state index in [9.17, 15) is 0 Å². The monoisotopic (exact) mass is 266 g/mol. The number of likely N-dealkylation sites (N-methyl/N-ethyl adjacent to an activating group) is 1. The highest BCUT2D eigenvalue weighted by Gasteiger charge is 2.34. The molecule has 0 aliphatic heterocycles. The maximum Gasteiger partial charge on any atom is 0.0249 e. The Labute approximate surface area is 120 Å². The number of nitrogens with one attached hydrogen (secondary N) is 1. The summed E-state index contributed by atoms with van der Waals surface area (Å²) < 4.78 is 0. The van der Waals surface area contributed by atoms with Gasteiger partial charge in [-0.05, 0) is 64.5 Å². The Balaban J connectivity index is 1.83. The lowest BCUT2D eigenvalue weighted by atomic mass is 9.83. The molecule has 2 atom stereocenters. The minimum atomic E-state index is 0.758. The van der Waals surface area contributed by atoms with E-state index >= 15 is 0 Å². The van der Waals surface area contributed by atoms with Gasteiger partial charge in [0.2, 0.25) is 0 Å². The topological polar surface area (TPSA) is 15.3 Å². The van der Waals surface area contributed by atoms with Crippen LogP contribution in [-0.2, 0) is 0 Å². The molecule has 0 amide bonds. The molecule has 2 unspecified atom stereocenters. The summed E-state index contributed by atoms with van der Waals surface area (Å²) in [6, 6.07) is 2.42. The van der Waals surface area contributed by atoms with E-state index in [1.54, 1.807) is 0 Å². The van der Waals surface area contributed by atoms with E-state index < -0.39 is 0 Å². The van der Waals surface area contributed by atoms with Crippen molar-refractivity contribution >= 4 is 0 Å². The molecule has 2 aliphatic rings. The van der Waals surface area contributed by atoms with Gasteiger partial charge in [0.05, 0.1) is 0 Å². The summed E-state index contributed by atoms with van der Waals surface area (Å²) in [7, 11) is 2.40. The van der Waals surface area contributed by atoms with Gasteiger partial charge in [-0.15, -0.1) is 0 Å². The number of hydrogen-bond donors (Lipinski definition) is 1. The molecular weight excluding hydrogens is 232 g/mol. The maximum atomic E-state index is 3.78. The Morgan fingerprint density at radius 2 is 1.74 bits per heavy atom.